The molecule has 0 bridgehead atoms. The van der Waals surface area contributed by atoms with E-state index in [0.717, 1.165) is 5.56 Å². The minimum absolute atomic E-state index is 0.0722. The fraction of sp³-hybridized carbons (Fsp3) is 0.467. The smallest absolute Gasteiger partial charge is 0.306 e. The van der Waals surface area contributed by atoms with Gasteiger partial charge in [-0.05, 0) is 24.6 Å². The Morgan fingerprint density at radius 3 is 2.77 bits per heavy atom. The lowest BCUT2D eigenvalue weighted by atomic mass is 9.99. The van der Waals surface area contributed by atoms with Gasteiger partial charge in [-0.2, -0.15) is 0 Å². The Hall–Kier alpha value is -1.30. The molecule has 2 rings (SSSR count). The molecule has 0 aromatic heterocycles. The van der Waals surface area contributed by atoms with Crippen LogP contribution in [0.4, 0.5) is 0 Å². The van der Waals surface area contributed by atoms with Gasteiger partial charge in [0.2, 0.25) is 5.91 Å². The number of amides is 1. The van der Waals surface area contributed by atoms with Crippen LogP contribution < -0.4 is 0 Å². The molecule has 1 N–H and O–H groups in total. The first-order chi connectivity index (χ1) is 10.4. The third-order valence-corrected chi connectivity index (χ3v) is 4.41. The summed E-state index contributed by atoms with van der Waals surface area (Å²) >= 11 is 11.9. The van der Waals surface area contributed by atoms with Gasteiger partial charge in [0.25, 0.3) is 0 Å². The molecule has 1 aromatic rings. The van der Waals surface area contributed by atoms with Crippen molar-refractivity contribution in [2.75, 3.05) is 19.7 Å². The molecule has 0 saturated carbocycles. The summed E-state index contributed by atoms with van der Waals surface area (Å²) in [6, 6.07) is 5.11. The first kappa shape index (κ1) is 17.1. The highest BCUT2D eigenvalue weighted by molar-refractivity contribution is 6.42. The zero-order valence-electron chi connectivity index (χ0n) is 12.1. The van der Waals surface area contributed by atoms with E-state index < -0.39 is 12.1 Å². The number of rotatable bonds is 4. The summed E-state index contributed by atoms with van der Waals surface area (Å²) in [5.74, 6) is -1.38. The van der Waals surface area contributed by atoms with E-state index in [-0.39, 0.29) is 24.8 Å². The maximum Gasteiger partial charge on any atom is 0.306 e. The van der Waals surface area contributed by atoms with E-state index in [1.165, 1.54) is 0 Å². The largest absolute Gasteiger partial charge is 0.481 e. The van der Waals surface area contributed by atoms with Crippen LogP contribution >= 0.6 is 23.2 Å². The highest BCUT2D eigenvalue weighted by Crippen LogP contribution is 2.27. The molecule has 5 nitrogen and oxygen atoms in total. The van der Waals surface area contributed by atoms with Gasteiger partial charge in [0, 0.05) is 13.1 Å². The Kier molecular flexibility index (Phi) is 5.67. The standard InChI is InChI=1S/C15H17Cl2NO4/c1-9(10-2-3-12(16)13(17)6-10)15(21)18-4-5-22-11(8-18)7-14(19)20/h2-3,6,9,11H,4-5,7-8H2,1H3,(H,19,20). The van der Waals surface area contributed by atoms with Crippen LogP contribution in [0.1, 0.15) is 24.8 Å². The van der Waals surface area contributed by atoms with E-state index >= 15 is 0 Å². The number of ether oxygens (including phenoxy) is 1. The number of nitrogens with zero attached hydrogens (tertiary/aromatic N) is 1. The number of morpholine rings is 1. The van der Waals surface area contributed by atoms with E-state index in [1.807, 2.05) is 0 Å². The van der Waals surface area contributed by atoms with Crippen molar-refractivity contribution in [3.8, 4) is 0 Å². The molecular formula is C15H17Cl2NO4. The third kappa shape index (κ3) is 4.12. The van der Waals surface area contributed by atoms with Crippen molar-refractivity contribution >= 4 is 35.1 Å². The van der Waals surface area contributed by atoms with E-state index in [9.17, 15) is 9.59 Å². The summed E-state index contributed by atoms with van der Waals surface area (Å²) in [5, 5.41) is 9.67. The SMILES string of the molecule is CC(C(=O)N1CCOC(CC(=O)O)C1)c1ccc(Cl)c(Cl)c1. The van der Waals surface area contributed by atoms with Crippen molar-refractivity contribution in [1.29, 1.82) is 0 Å². The van der Waals surface area contributed by atoms with Crippen molar-refractivity contribution in [1.82, 2.24) is 4.90 Å². The molecule has 7 heteroatoms. The van der Waals surface area contributed by atoms with Crippen LogP contribution in [0.3, 0.4) is 0 Å². The Labute approximate surface area is 138 Å². The number of aliphatic carboxylic acids is 1. The van der Waals surface area contributed by atoms with Crippen LogP contribution in [0.5, 0.6) is 0 Å². The minimum Gasteiger partial charge on any atom is -0.481 e. The van der Waals surface area contributed by atoms with Crippen LogP contribution in [-0.4, -0.2) is 47.7 Å². The normalized spacial score (nSPS) is 19.8. The van der Waals surface area contributed by atoms with Gasteiger partial charge in [-0.25, -0.2) is 0 Å². The molecule has 0 radical (unpaired) electrons. The Bertz CT molecular complexity index is 579. The van der Waals surface area contributed by atoms with Gasteiger partial charge in [0.1, 0.15) is 0 Å². The van der Waals surface area contributed by atoms with Crippen LogP contribution in [0.25, 0.3) is 0 Å². The van der Waals surface area contributed by atoms with Gasteiger partial charge in [-0.3, -0.25) is 9.59 Å². The predicted molar refractivity (Wildman–Crippen MR) is 83.4 cm³/mol. The summed E-state index contributed by atoms with van der Waals surface area (Å²) in [7, 11) is 0. The molecule has 1 aliphatic heterocycles. The van der Waals surface area contributed by atoms with E-state index in [1.54, 1.807) is 30.0 Å². The monoisotopic (exact) mass is 345 g/mol. The summed E-state index contributed by atoms with van der Waals surface area (Å²) in [6.07, 6.45) is -0.568. The van der Waals surface area contributed by atoms with Gasteiger partial charge in [0.05, 0.1) is 35.1 Å². The Balaban J connectivity index is 2.06. The topological polar surface area (TPSA) is 66.8 Å². The maximum absolute atomic E-state index is 12.6. The number of hydrogen-bond acceptors (Lipinski definition) is 3. The minimum atomic E-state index is -0.933. The van der Waals surface area contributed by atoms with E-state index in [0.29, 0.717) is 23.2 Å². The summed E-state index contributed by atoms with van der Waals surface area (Å²) in [5.41, 5.74) is 0.778. The van der Waals surface area contributed by atoms with E-state index in [2.05, 4.69) is 0 Å². The van der Waals surface area contributed by atoms with Crippen molar-refractivity contribution in [2.45, 2.75) is 25.4 Å². The lowest BCUT2D eigenvalue weighted by Gasteiger charge is -2.34. The highest BCUT2D eigenvalue weighted by atomic mass is 35.5. The molecule has 0 spiro atoms. The summed E-state index contributed by atoms with van der Waals surface area (Å²) in [6.45, 7) is 2.89. The number of carbonyl (C=O) groups is 2. The molecule has 1 amide bonds. The number of halogens is 2. The lowest BCUT2D eigenvalue weighted by molar-refractivity contribution is -0.148. The number of carbonyl (C=O) groups excluding carboxylic acids is 1. The van der Waals surface area contributed by atoms with Gasteiger partial charge in [0.15, 0.2) is 0 Å². The fourth-order valence-corrected chi connectivity index (χ4v) is 2.74. The molecule has 2 unspecified atom stereocenters. The summed E-state index contributed by atoms with van der Waals surface area (Å²) < 4.78 is 5.38. The first-order valence-electron chi connectivity index (χ1n) is 6.95. The van der Waals surface area contributed by atoms with Crippen molar-refractivity contribution in [3.05, 3.63) is 33.8 Å². The molecule has 1 fully saturated rings. The number of carboxylic acid groups (broad SMARTS) is 1. The third-order valence-electron chi connectivity index (χ3n) is 3.67. The van der Waals surface area contributed by atoms with E-state index in [4.69, 9.17) is 33.0 Å². The average Bonchev–Trinajstić information content (AvgIpc) is 2.48. The molecule has 1 heterocycles. The van der Waals surface area contributed by atoms with Gasteiger partial charge < -0.3 is 14.7 Å². The second-order valence-electron chi connectivity index (χ2n) is 5.27. The predicted octanol–water partition coefficient (Wildman–Crippen LogP) is 2.80. The zero-order chi connectivity index (χ0) is 16.3. The van der Waals surface area contributed by atoms with Crippen molar-refractivity contribution < 1.29 is 19.4 Å². The Morgan fingerprint density at radius 1 is 1.41 bits per heavy atom. The average molecular weight is 346 g/mol. The maximum atomic E-state index is 12.6. The number of hydrogen-bond donors (Lipinski definition) is 1. The number of carboxylic acids is 1. The van der Waals surface area contributed by atoms with Gasteiger partial charge in [-0.1, -0.05) is 29.3 Å². The highest BCUT2D eigenvalue weighted by Gasteiger charge is 2.29. The molecule has 120 valence electrons. The summed E-state index contributed by atoms with van der Waals surface area (Å²) in [4.78, 5) is 25.0. The van der Waals surface area contributed by atoms with Crippen LogP contribution in [0.15, 0.2) is 18.2 Å². The van der Waals surface area contributed by atoms with Gasteiger partial charge >= 0.3 is 5.97 Å². The van der Waals surface area contributed by atoms with Crippen molar-refractivity contribution in [3.63, 3.8) is 0 Å². The second-order valence-corrected chi connectivity index (χ2v) is 6.08. The molecule has 22 heavy (non-hydrogen) atoms. The van der Waals surface area contributed by atoms with Crippen molar-refractivity contribution in [2.24, 2.45) is 0 Å². The zero-order valence-corrected chi connectivity index (χ0v) is 13.6. The molecule has 1 aliphatic rings. The molecule has 2 atom stereocenters. The van der Waals surface area contributed by atoms with Crippen LogP contribution in [0.2, 0.25) is 10.0 Å². The first-order valence-corrected chi connectivity index (χ1v) is 7.71. The quantitative estimate of drug-likeness (QED) is 0.910. The lowest BCUT2D eigenvalue weighted by Crippen LogP contribution is -2.47. The molecule has 1 aromatic carbocycles. The second kappa shape index (κ2) is 7.31. The number of benzene rings is 1. The van der Waals surface area contributed by atoms with Crippen LogP contribution in [0, 0.1) is 0 Å². The van der Waals surface area contributed by atoms with Gasteiger partial charge in [-0.15, -0.1) is 0 Å². The molecular weight excluding hydrogens is 329 g/mol. The van der Waals surface area contributed by atoms with Crippen LogP contribution in [-0.2, 0) is 14.3 Å². The molecule has 0 aliphatic carbocycles. The Morgan fingerprint density at radius 2 is 2.14 bits per heavy atom. The molecule has 1 saturated heterocycles. The fourth-order valence-electron chi connectivity index (χ4n) is 2.44.